The van der Waals surface area contributed by atoms with Crippen LogP contribution < -0.4 is 10.2 Å². The molecule has 0 aliphatic carbocycles. The number of hydrogen-bond acceptors (Lipinski definition) is 5. The van der Waals surface area contributed by atoms with E-state index in [1.165, 1.54) is 0 Å². The second-order valence-electron chi connectivity index (χ2n) is 4.06. The van der Waals surface area contributed by atoms with Crippen LogP contribution in [0.4, 0.5) is 0 Å². The van der Waals surface area contributed by atoms with E-state index in [4.69, 9.17) is 4.74 Å². The molecule has 1 atom stereocenters. The Hall–Kier alpha value is -1.95. The summed E-state index contributed by atoms with van der Waals surface area (Å²) in [5.41, 5.74) is 4.36. The molecular weight excluding hydrogens is 260 g/mol. The summed E-state index contributed by atoms with van der Waals surface area (Å²) in [5.74, 6) is 1.65. The summed E-state index contributed by atoms with van der Waals surface area (Å²) in [6, 6.07) is 7.79. The predicted molar refractivity (Wildman–Crippen MR) is 75.8 cm³/mol. The lowest BCUT2D eigenvalue weighted by atomic mass is 10.2. The summed E-state index contributed by atoms with van der Waals surface area (Å²) in [4.78, 5) is 0. The van der Waals surface area contributed by atoms with Gasteiger partial charge in [0.2, 0.25) is 5.16 Å². The maximum absolute atomic E-state index is 5.16. The molecule has 1 N–H and O–H groups in total. The first-order chi connectivity index (χ1) is 9.31. The van der Waals surface area contributed by atoms with Gasteiger partial charge in [-0.15, -0.1) is 10.2 Å². The van der Waals surface area contributed by atoms with Crippen LogP contribution in [0.3, 0.4) is 0 Å². The van der Waals surface area contributed by atoms with E-state index in [1.807, 2.05) is 41.9 Å². The van der Waals surface area contributed by atoms with E-state index in [1.54, 1.807) is 18.9 Å². The van der Waals surface area contributed by atoms with Crippen molar-refractivity contribution in [1.29, 1.82) is 0 Å². The number of thioether (sulfide) groups is 1. The van der Waals surface area contributed by atoms with Crippen molar-refractivity contribution >= 4 is 11.8 Å². The Balaban J connectivity index is 1.91. The van der Waals surface area contributed by atoms with Gasteiger partial charge in [-0.1, -0.05) is 23.9 Å². The molecule has 1 aromatic carbocycles. The SMILES string of the molecule is CC=CC1Nn2c(nnc2-c2ccc(OC)cc2)S1. The number of allylic oxidation sites excluding steroid dienone is 1. The van der Waals surface area contributed by atoms with Crippen molar-refractivity contribution in [2.45, 2.75) is 17.5 Å². The molecule has 0 bridgehead atoms. The number of rotatable bonds is 3. The van der Waals surface area contributed by atoms with Crippen molar-refractivity contribution in [2.75, 3.05) is 12.5 Å². The molecule has 1 aliphatic heterocycles. The molecule has 0 amide bonds. The van der Waals surface area contributed by atoms with E-state index < -0.39 is 0 Å². The van der Waals surface area contributed by atoms with Crippen LogP contribution >= 0.6 is 11.8 Å². The van der Waals surface area contributed by atoms with Crippen LogP contribution in [0.1, 0.15) is 6.92 Å². The predicted octanol–water partition coefficient (Wildman–Crippen LogP) is 2.51. The average molecular weight is 274 g/mol. The number of fused-ring (bicyclic) bond motifs is 1. The minimum Gasteiger partial charge on any atom is -0.497 e. The number of methoxy groups -OCH3 is 1. The topological polar surface area (TPSA) is 52.0 Å². The first-order valence-electron chi connectivity index (χ1n) is 5.97. The van der Waals surface area contributed by atoms with Crippen molar-refractivity contribution in [3.8, 4) is 17.1 Å². The zero-order chi connectivity index (χ0) is 13.2. The van der Waals surface area contributed by atoms with Crippen molar-refractivity contribution < 1.29 is 4.74 Å². The molecule has 0 fully saturated rings. The lowest BCUT2D eigenvalue weighted by Crippen LogP contribution is -2.17. The zero-order valence-corrected chi connectivity index (χ0v) is 11.5. The van der Waals surface area contributed by atoms with Gasteiger partial charge in [-0.05, 0) is 31.2 Å². The number of nitrogens with one attached hydrogen (secondary N) is 1. The van der Waals surface area contributed by atoms with E-state index in [0.717, 1.165) is 22.3 Å². The van der Waals surface area contributed by atoms with E-state index in [0.29, 0.717) is 0 Å². The van der Waals surface area contributed by atoms with E-state index in [2.05, 4.69) is 21.7 Å². The minimum absolute atomic E-state index is 0.215. The van der Waals surface area contributed by atoms with Crippen LogP contribution in [0.25, 0.3) is 11.4 Å². The summed E-state index contributed by atoms with van der Waals surface area (Å²) < 4.78 is 7.08. The highest BCUT2D eigenvalue weighted by Gasteiger charge is 2.24. The largest absolute Gasteiger partial charge is 0.497 e. The summed E-state index contributed by atoms with van der Waals surface area (Å²) >= 11 is 1.65. The highest BCUT2D eigenvalue weighted by Crippen LogP contribution is 2.32. The number of ether oxygens (including phenoxy) is 1. The van der Waals surface area contributed by atoms with Crippen molar-refractivity contribution in [1.82, 2.24) is 14.9 Å². The van der Waals surface area contributed by atoms with Gasteiger partial charge in [0.15, 0.2) is 5.82 Å². The van der Waals surface area contributed by atoms with Crippen LogP contribution in [0.2, 0.25) is 0 Å². The molecule has 2 heterocycles. The van der Waals surface area contributed by atoms with Gasteiger partial charge in [-0.3, -0.25) is 0 Å². The molecular formula is C13H14N4OS. The maximum atomic E-state index is 5.16. The molecule has 1 unspecified atom stereocenters. The summed E-state index contributed by atoms with van der Waals surface area (Å²) in [7, 11) is 1.66. The fourth-order valence-electron chi connectivity index (χ4n) is 1.91. The van der Waals surface area contributed by atoms with E-state index in [9.17, 15) is 0 Å². The van der Waals surface area contributed by atoms with Gasteiger partial charge in [0.1, 0.15) is 11.1 Å². The molecule has 19 heavy (non-hydrogen) atoms. The molecule has 0 saturated heterocycles. The molecule has 98 valence electrons. The summed E-state index contributed by atoms with van der Waals surface area (Å²) in [5, 5.41) is 9.52. The van der Waals surface area contributed by atoms with Gasteiger partial charge < -0.3 is 10.2 Å². The Morgan fingerprint density at radius 1 is 1.32 bits per heavy atom. The van der Waals surface area contributed by atoms with Crippen LogP contribution in [0.5, 0.6) is 5.75 Å². The van der Waals surface area contributed by atoms with Gasteiger partial charge in [0, 0.05) is 5.56 Å². The molecule has 6 heteroatoms. The van der Waals surface area contributed by atoms with Gasteiger partial charge >= 0.3 is 0 Å². The van der Waals surface area contributed by atoms with E-state index in [-0.39, 0.29) is 5.37 Å². The molecule has 5 nitrogen and oxygen atoms in total. The highest BCUT2D eigenvalue weighted by molar-refractivity contribution is 8.00. The lowest BCUT2D eigenvalue weighted by Gasteiger charge is -2.08. The highest BCUT2D eigenvalue weighted by atomic mass is 32.2. The quantitative estimate of drug-likeness (QED) is 0.872. The van der Waals surface area contributed by atoms with Gasteiger partial charge in [-0.2, -0.15) is 0 Å². The third-order valence-corrected chi connectivity index (χ3v) is 3.83. The first-order valence-corrected chi connectivity index (χ1v) is 6.85. The van der Waals surface area contributed by atoms with Gasteiger partial charge in [-0.25, -0.2) is 4.68 Å². The van der Waals surface area contributed by atoms with Gasteiger partial charge in [0.25, 0.3) is 0 Å². The third kappa shape index (κ3) is 2.19. The molecule has 0 saturated carbocycles. The van der Waals surface area contributed by atoms with Crippen LogP contribution in [-0.2, 0) is 0 Å². The standard InChI is InChI=1S/C13H14N4OS/c1-3-4-11-16-17-12(14-15-13(17)19-11)9-5-7-10(18-2)8-6-9/h3-8,11,16H,1-2H3. The number of aromatic nitrogens is 3. The van der Waals surface area contributed by atoms with Crippen LogP contribution in [0, 0.1) is 0 Å². The second kappa shape index (κ2) is 4.97. The summed E-state index contributed by atoms with van der Waals surface area (Å²) in [6.07, 6.45) is 4.12. The Labute approximate surface area is 115 Å². The summed E-state index contributed by atoms with van der Waals surface area (Å²) in [6.45, 7) is 2.01. The Bertz CT molecular complexity index is 606. The molecule has 0 spiro atoms. The minimum atomic E-state index is 0.215. The zero-order valence-electron chi connectivity index (χ0n) is 10.7. The normalized spacial score (nSPS) is 17.5. The van der Waals surface area contributed by atoms with E-state index >= 15 is 0 Å². The van der Waals surface area contributed by atoms with Crippen LogP contribution in [0.15, 0.2) is 41.6 Å². The fraction of sp³-hybridized carbons (Fsp3) is 0.231. The fourth-order valence-corrected chi connectivity index (χ4v) is 2.87. The molecule has 0 radical (unpaired) electrons. The lowest BCUT2D eigenvalue weighted by molar-refractivity contribution is 0.415. The second-order valence-corrected chi connectivity index (χ2v) is 5.17. The van der Waals surface area contributed by atoms with Crippen molar-refractivity contribution in [3.05, 3.63) is 36.4 Å². The van der Waals surface area contributed by atoms with Crippen LogP contribution in [-0.4, -0.2) is 27.4 Å². The number of hydrogen-bond donors (Lipinski definition) is 1. The molecule has 3 rings (SSSR count). The molecule has 1 aromatic heterocycles. The Morgan fingerprint density at radius 2 is 2.11 bits per heavy atom. The van der Waals surface area contributed by atoms with Crippen molar-refractivity contribution in [3.63, 3.8) is 0 Å². The van der Waals surface area contributed by atoms with Gasteiger partial charge in [0.05, 0.1) is 7.11 Å². The monoisotopic (exact) mass is 274 g/mol. The molecule has 1 aliphatic rings. The average Bonchev–Trinajstić information content (AvgIpc) is 2.99. The first kappa shape index (κ1) is 12.1. The third-order valence-electron chi connectivity index (χ3n) is 2.84. The van der Waals surface area contributed by atoms with Crippen molar-refractivity contribution in [2.24, 2.45) is 0 Å². The Kier molecular flexibility index (Phi) is 3.16. The Morgan fingerprint density at radius 3 is 2.79 bits per heavy atom. The number of benzene rings is 1. The maximum Gasteiger partial charge on any atom is 0.212 e. The molecule has 2 aromatic rings. The number of nitrogens with zero attached hydrogens (tertiary/aromatic N) is 3. The smallest absolute Gasteiger partial charge is 0.212 e.